The van der Waals surface area contributed by atoms with E-state index in [4.69, 9.17) is 5.10 Å². The van der Waals surface area contributed by atoms with Crippen LogP contribution in [0, 0.1) is 5.41 Å². The van der Waals surface area contributed by atoms with Crippen LogP contribution < -0.4 is 5.43 Å². The summed E-state index contributed by atoms with van der Waals surface area (Å²) >= 11 is 1.56. The van der Waals surface area contributed by atoms with Gasteiger partial charge in [-0.1, -0.05) is 20.8 Å². The summed E-state index contributed by atoms with van der Waals surface area (Å²) in [6.07, 6.45) is 5.60. The van der Waals surface area contributed by atoms with Crippen LogP contribution in [0.1, 0.15) is 61.6 Å². The zero-order chi connectivity index (χ0) is 20.5. The largest absolute Gasteiger partial charge is 0.477 e. The molecule has 0 unspecified atom stereocenters. The first-order valence-electron chi connectivity index (χ1n) is 9.75. The fourth-order valence-electron chi connectivity index (χ4n) is 4.20. The second kappa shape index (κ2) is 6.13. The van der Waals surface area contributed by atoms with Crippen LogP contribution in [-0.4, -0.2) is 30.4 Å². The monoisotopic (exact) mass is 410 g/mol. The molecule has 1 saturated carbocycles. The first-order chi connectivity index (χ1) is 13.8. The summed E-state index contributed by atoms with van der Waals surface area (Å²) in [6, 6.07) is 1.45. The molecule has 1 aliphatic heterocycles. The Morgan fingerprint density at radius 2 is 2.07 bits per heavy atom. The number of nitrogens with zero attached hydrogens (tertiary/aromatic N) is 4. The topological polar surface area (TPSA) is 90.0 Å². The summed E-state index contributed by atoms with van der Waals surface area (Å²) in [6.45, 7) is 7.01. The average molecular weight is 410 g/mol. The molecular weight excluding hydrogens is 388 g/mol. The van der Waals surface area contributed by atoms with Gasteiger partial charge in [0.15, 0.2) is 5.43 Å². The van der Waals surface area contributed by atoms with Gasteiger partial charge in [0.05, 0.1) is 40.1 Å². The van der Waals surface area contributed by atoms with Crippen molar-refractivity contribution in [2.45, 2.75) is 52.1 Å². The van der Waals surface area contributed by atoms with Gasteiger partial charge in [0.1, 0.15) is 5.56 Å². The molecule has 1 aliphatic carbocycles. The fraction of sp³-hybridized carbons (Fsp3) is 0.429. The molecular formula is C21H22N4O3S. The average Bonchev–Trinajstić information content (AvgIpc) is 3.20. The van der Waals surface area contributed by atoms with Crippen molar-refractivity contribution in [2.24, 2.45) is 5.41 Å². The first-order valence-corrected chi connectivity index (χ1v) is 10.6. The summed E-state index contributed by atoms with van der Waals surface area (Å²) in [5, 5.41) is 14.5. The van der Waals surface area contributed by atoms with Gasteiger partial charge in [-0.2, -0.15) is 5.10 Å². The third-order valence-corrected chi connectivity index (χ3v) is 6.65. The van der Waals surface area contributed by atoms with Crippen molar-refractivity contribution in [3.8, 4) is 21.8 Å². The minimum absolute atomic E-state index is 0.0232. The predicted octanol–water partition coefficient (Wildman–Crippen LogP) is 4.01. The zero-order valence-electron chi connectivity index (χ0n) is 16.5. The van der Waals surface area contributed by atoms with Crippen LogP contribution in [0.5, 0.6) is 0 Å². The number of aromatic carboxylic acids is 1. The van der Waals surface area contributed by atoms with Crippen LogP contribution in [-0.2, 0) is 6.54 Å². The number of carbonyl (C=O) groups is 1. The van der Waals surface area contributed by atoms with E-state index in [0.29, 0.717) is 12.5 Å². The highest BCUT2D eigenvalue weighted by atomic mass is 32.1. The molecule has 2 aliphatic rings. The molecule has 29 heavy (non-hydrogen) atoms. The van der Waals surface area contributed by atoms with Gasteiger partial charge in [0.2, 0.25) is 0 Å². The van der Waals surface area contributed by atoms with Gasteiger partial charge in [-0.3, -0.25) is 14.5 Å². The van der Waals surface area contributed by atoms with E-state index >= 15 is 0 Å². The lowest BCUT2D eigenvalue weighted by molar-refractivity contribution is 0.0693. The quantitative estimate of drug-likeness (QED) is 0.705. The van der Waals surface area contributed by atoms with Crippen molar-refractivity contribution in [3.05, 3.63) is 45.5 Å². The molecule has 7 nitrogen and oxygen atoms in total. The number of hydrogen-bond acceptors (Lipinski definition) is 5. The van der Waals surface area contributed by atoms with E-state index in [1.807, 2.05) is 15.4 Å². The highest BCUT2D eigenvalue weighted by Gasteiger charge is 2.39. The van der Waals surface area contributed by atoms with Crippen molar-refractivity contribution in [1.82, 2.24) is 19.3 Å². The van der Waals surface area contributed by atoms with E-state index in [9.17, 15) is 14.7 Å². The fourth-order valence-corrected chi connectivity index (χ4v) is 4.87. The molecule has 1 atom stereocenters. The van der Waals surface area contributed by atoms with Crippen LogP contribution in [0.2, 0.25) is 0 Å². The number of carboxylic acids is 1. The van der Waals surface area contributed by atoms with Gasteiger partial charge in [-0.05, 0) is 18.3 Å². The lowest BCUT2D eigenvalue weighted by Gasteiger charge is -2.38. The van der Waals surface area contributed by atoms with E-state index in [0.717, 1.165) is 40.4 Å². The van der Waals surface area contributed by atoms with Gasteiger partial charge in [-0.15, -0.1) is 11.3 Å². The van der Waals surface area contributed by atoms with Crippen molar-refractivity contribution >= 4 is 17.3 Å². The van der Waals surface area contributed by atoms with E-state index in [-0.39, 0.29) is 17.0 Å². The number of fused-ring (bicyclic) bond motifs is 3. The zero-order valence-corrected chi connectivity index (χ0v) is 17.4. The van der Waals surface area contributed by atoms with Gasteiger partial charge in [-0.25, -0.2) is 4.79 Å². The smallest absolute Gasteiger partial charge is 0.341 e. The number of rotatable bonds is 3. The van der Waals surface area contributed by atoms with Crippen molar-refractivity contribution in [1.29, 1.82) is 0 Å². The molecule has 5 rings (SSSR count). The van der Waals surface area contributed by atoms with Crippen LogP contribution in [0.4, 0.5) is 0 Å². The lowest BCUT2D eigenvalue weighted by Crippen LogP contribution is -2.35. The molecule has 3 aromatic heterocycles. The number of carboxylic acid groups (broad SMARTS) is 1. The Kier molecular flexibility index (Phi) is 3.87. The SMILES string of the molecule is CC(C)(C)[C@@H]1Cn2nc(C3CC3)c(-c3cncs3)c2-c2cc(=O)c(C(=O)O)cn21. The number of hydrogen-bond donors (Lipinski definition) is 1. The van der Waals surface area contributed by atoms with E-state index < -0.39 is 11.4 Å². The third-order valence-electron chi connectivity index (χ3n) is 5.86. The standard InChI is InChI=1S/C21H22N4O3S/c1-21(2,3)16-9-25-19(13-6-14(26)12(20(27)28)8-24(13)16)17(15-7-22-10-29-15)18(23-25)11-4-5-11/h6-8,10-11,16H,4-5,9H2,1-3H3,(H,27,28)/t16-/m0/s1. The highest BCUT2D eigenvalue weighted by Crippen LogP contribution is 2.50. The maximum atomic E-state index is 12.6. The summed E-state index contributed by atoms with van der Waals surface area (Å²) < 4.78 is 4.00. The van der Waals surface area contributed by atoms with Crippen LogP contribution >= 0.6 is 11.3 Å². The minimum Gasteiger partial charge on any atom is -0.477 e. The van der Waals surface area contributed by atoms with E-state index in [2.05, 4.69) is 25.8 Å². The Morgan fingerprint density at radius 1 is 1.31 bits per heavy atom. The molecule has 0 saturated heterocycles. The molecule has 8 heteroatoms. The molecule has 150 valence electrons. The predicted molar refractivity (Wildman–Crippen MR) is 110 cm³/mol. The second-order valence-corrected chi connectivity index (χ2v) is 9.85. The van der Waals surface area contributed by atoms with Gasteiger partial charge >= 0.3 is 5.97 Å². The van der Waals surface area contributed by atoms with Crippen molar-refractivity contribution in [3.63, 3.8) is 0 Å². The summed E-state index contributed by atoms with van der Waals surface area (Å²) in [5.74, 6) is -0.754. The molecule has 1 N–H and O–H groups in total. The number of pyridine rings is 1. The number of aromatic nitrogens is 4. The van der Waals surface area contributed by atoms with Crippen LogP contribution in [0.25, 0.3) is 21.8 Å². The highest BCUT2D eigenvalue weighted by molar-refractivity contribution is 7.13. The van der Waals surface area contributed by atoms with Gasteiger partial charge in [0.25, 0.3) is 0 Å². The third kappa shape index (κ3) is 2.85. The van der Waals surface area contributed by atoms with E-state index in [1.54, 1.807) is 16.8 Å². The molecule has 0 radical (unpaired) electrons. The van der Waals surface area contributed by atoms with Gasteiger partial charge < -0.3 is 9.67 Å². The molecule has 0 aromatic carbocycles. The van der Waals surface area contributed by atoms with Crippen molar-refractivity contribution in [2.75, 3.05) is 0 Å². The summed E-state index contributed by atoms with van der Waals surface area (Å²) in [5.41, 5.74) is 4.72. The maximum absolute atomic E-state index is 12.6. The Bertz CT molecular complexity index is 1180. The summed E-state index contributed by atoms with van der Waals surface area (Å²) in [7, 11) is 0. The van der Waals surface area contributed by atoms with Crippen LogP contribution in [0.3, 0.4) is 0 Å². The molecule has 0 bridgehead atoms. The van der Waals surface area contributed by atoms with Gasteiger partial charge in [0, 0.05) is 29.9 Å². The van der Waals surface area contributed by atoms with E-state index in [1.165, 1.54) is 12.3 Å². The molecule has 0 spiro atoms. The first kappa shape index (κ1) is 18.3. The van der Waals surface area contributed by atoms with Crippen molar-refractivity contribution < 1.29 is 9.90 Å². The molecule has 0 amide bonds. The minimum atomic E-state index is -1.20. The van der Waals surface area contributed by atoms with Crippen LogP contribution in [0.15, 0.2) is 28.8 Å². The molecule has 3 aromatic rings. The Balaban J connectivity index is 1.83. The number of thiazole rings is 1. The second-order valence-electron chi connectivity index (χ2n) is 8.96. The Labute approximate surface area is 171 Å². The normalized spacial score (nSPS) is 18.4. The maximum Gasteiger partial charge on any atom is 0.341 e. The Morgan fingerprint density at radius 3 is 2.66 bits per heavy atom. The lowest BCUT2D eigenvalue weighted by atomic mass is 9.84. The summed E-state index contributed by atoms with van der Waals surface area (Å²) in [4.78, 5) is 29.5. The molecule has 4 heterocycles. The molecule has 1 fully saturated rings. The Hall–Kier alpha value is -2.74.